The number of nitrogens with zero attached hydrogens (tertiary/aromatic N) is 3. The predicted octanol–water partition coefficient (Wildman–Crippen LogP) is 4.79. The smallest absolute Gasteiger partial charge is 0.303 e. The normalized spacial score (nSPS) is 15.1. The summed E-state index contributed by atoms with van der Waals surface area (Å²) in [6.45, 7) is 0.350. The molecular weight excluding hydrogens is 458 g/mol. The third-order valence-electron chi connectivity index (χ3n) is 5.84. The summed E-state index contributed by atoms with van der Waals surface area (Å²) in [5.41, 5.74) is 2.81. The second-order valence-corrected chi connectivity index (χ2v) is 8.24. The fourth-order valence-corrected chi connectivity index (χ4v) is 3.86. The van der Waals surface area contributed by atoms with Gasteiger partial charge in [-0.2, -0.15) is 0 Å². The van der Waals surface area contributed by atoms with Gasteiger partial charge in [-0.15, -0.1) is 0 Å². The van der Waals surface area contributed by atoms with E-state index >= 15 is 0 Å². The molecule has 0 aliphatic carbocycles. The van der Waals surface area contributed by atoms with Crippen molar-refractivity contribution in [3.63, 3.8) is 0 Å². The molecule has 0 bridgehead atoms. The zero-order valence-corrected chi connectivity index (χ0v) is 20.5. The summed E-state index contributed by atoms with van der Waals surface area (Å²) in [6.07, 6.45) is 0.235. The Bertz CT molecular complexity index is 1240. The average Bonchev–Trinajstić information content (AvgIpc) is 2.92. The van der Waals surface area contributed by atoms with Crippen molar-refractivity contribution in [3.8, 4) is 17.2 Å². The maximum Gasteiger partial charge on any atom is 0.303 e. The first kappa shape index (κ1) is 24.8. The molecule has 0 saturated carbocycles. The van der Waals surface area contributed by atoms with Gasteiger partial charge >= 0.3 is 5.97 Å². The fraction of sp³-hybridized carbons (Fsp3) is 0.250. The Hall–Kier alpha value is -4.33. The molecule has 0 amide bonds. The Kier molecular flexibility index (Phi) is 7.85. The van der Waals surface area contributed by atoms with Crippen LogP contribution in [0, 0.1) is 0 Å². The molecule has 0 radical (unpaired) electrons. The molecule has 1 atom stereocenters. The van der Waals surface area contributed by atoms with Crippen molar-refractivity contribution in [2.24, 2.45) is 9.98 Å². The lowest BCUT2D eigenvalue weighted by molar-refractivity contribution is -0.137. The summed E-state index contributed by atoms with van der Waals surface area (Å²) in [7, 11) is 5.25. The monoisotopic (exact) mass is 487 g/mol. The van der Waals surface area contributed by atoms with Crippen molar-refractivity contribution in [2.75, 3.05) is 27.9 Å². The molecule has 3 aromatic carbocycles. The number of carboxylic acids is 1. The maximum absolute atomic E-state index is 10.7. The molecule has 1 aliphatic rings. The van der Waals surface area contributed by atoms with Gasteiger partial charge in [0.2, 0.25) is 0 Å². The Morgan fingerprint density at radius 3 is 1.97 bits per heavy atom. The molecule has 0 saturated heterocycles. The fourth-order valence-electron chi connectivity index (χ4n) is 3.86. The van der Waals surface area contributed by atoms with Crippen molar-refractivity contribution in [1.29, 1.82) is 0 Å². The number of amidine groups is 2. The summed E-state index contributed by atoms with van der Waals surface area (Å²) in [5, 5.41) is 8.78. The number of aliphatic carboxylic acids is 1. The van der Waals surface area contributed by atoms with Crippen LogP contribution in [0.3, 0.4) is 0 Å². The molecule has 186 valence electrons. The number of methoxy groups -OCH3 is 2. The molecule has 0 fully saturated rings. The van der Waals surface area contributed by atoms with Crippen LogP contribution in [0.2, 0.25) is 0 Å². The van der Waals surface area contributed by atoms with E-state index in [1.54, 1.807) is 14.2 Å². The minimum absolute atomic E-state index is 0.0846. The van der Waals surface area contributed by atoms with Crippen LogP contribution >= 0.6 is 0 Å². The van der Waals surface area contributed by atoms with Crippen molar-refractivity contribution in [3.05, 3.63) is 89.5 Å². The van der Waals surface area contributed by atoms with Gasteiger partial charge in [0.05, 0.1) is 20.8 Å². The zero-order valence-electron chi connectivity index (χ0n) is 20.5. The van der Waals surface area contributed by atoms with Crippen molar-refractivity contribution in [1.82, 2.24) is 4.90 Å². The van der Waals surface area contributed by atoms with E-state index in [0.717, 1.165) is 34.0 Å². The van der Waals surface area contributed by atoms with Gasteiger partial charge in [-0.05, 0) is 72.6 Å². The highest BCUT2D eigenvalue weighted by atomic mass is 16.5. The number of rotatable bonds is 10. The zero-order chi connectivity index (χ0) is 25.5. The third-order valence-corrected chi connectivity index (χ3v) is 5.84. The largest absolute Gasteiger partial charge is 0.497 e. The first-order chi connectivity index (χ1) is 17.5. The summed E-state index contributed by atoms with van der Waals surface area (Å²) in [4.78, 5) is 22.6. The van der Waals surface area contributed by atoms with Crippen molar-refractivity contribution < 1.29 is 24.1 Å². The van der Waals surface area contributed by atoms with E-state index in [4.69, 9.17) is 29.3 Å². The molecule has 8 heteroatoms. The lowest BCUT2D eigenvalue weighted by Gasteiger charge is -2.32. The molecule has 1 heterocycles. The van der Waals surface area contributed by atoms with Gasteiger partial charge in [0.15, 0.2) is 5.84 Å². The average molecular weight is 488 g/mol. The molecule has 8 nitrogen and oxygen atoms in total. The van der Waals surface area contributed by atoms with Crippen LogP contribution in [-0.2, 0) is 4.79 Å². The second-order valence-electron chi connectivity index (χ2n) is 8.24. The predicted molar refractivity (Wildman–Crippen MR) is 138 cm³/mol. The van der Waals surface area contributed by atoms with E-state index < -0.39 is 5.97 Å². The quantitative estimate of drug-likeness (QED) is 0.414. The molecule has 1 N–H and O–H groups in total. The molecule has 4 rings (SSSR count). The SMILES string of the molecule is COc1ccc(C2=NC(c3ccc(OCCCC(=O)O)cc3)N(C)C(c3ccc(OC)cc3)=N2)cc1. The highest BCUT2D eigenvalue weighted by Gasteiger charge is 2.26. The van der Waals surface area contributed by atoms with Crippen molar-refractivity contribution in [2.45, 2.75) is 19.0 Å². The topological polar surface area (TPSA) is 93.0 Å². The maximum atomic E-state index is 10.7. The highest BCUT2D eigenvalue weighted by Crippen LogP contribution is 2.30. The minimum atomic E-state index is -0.825. The molecule has 0 aromatic heterocycles. The third kappa shape index (κ3) is 5.83. The molecule has 1 unspecified atom stereocenters. The van der Waals surface area contributed by atoms with Crippen LogP contribution in [0.5, 0.6) is 17.2 Å². The van der Waals surface area contributed by atoms with E-state index in [2.05, 4.69) is 0 Å². The minimum Gasteiger partial charge on any atom is -0.497 e. The lowest BCUT2D eigenvalue weighted by atomic mass is 10.1. The Balaban J connectivity index is 1.63. The summed E-state index contributed by atoms with van der Waals surface area (Å²) in [5.74, 6) is 2.82. The van der Waals surface area contributed by atoms with Gasteiger partial charge in [-0.25, -0.2) is 9.98 Å². The van der Waals surface area contributed by atoms with Crippen LogP contribution in [-0.4, -0.2) is 55.5 Å². The van der Waals surface area contributed by atoms with Gasteiger partial charge in [0.25, 0.3) is 0 Å². The number of aliphatic imine (C=N–C) groups is 2. The van der Waals surface area contributed by atoms with Crippen molar-refractivity contribution >= 4 is 17.6 Å². The summed E-state index contributed by atoms with van der Waals surface area (Å²) >= 11 is 0. The van der Waals surface area contributed by atoms with Gasteiger partial charge in [-0.1, -0.05) is 12.1 Å². The van der Waals surface area contributed by atoms with Crippen LogP contribution in [0.15, 0.2) is 82.8 Å². The number of ether oxygens (including phenoxy) is 3. The first-order valence-electron chi connectivity index (χ1n) is 11.6. The molecule has 3 aromatic rings. The Morgan fingerprint density at radius 2 is 1.42 bits per heavy atom. The van der Waals surface area contributed by atoms with Gasteiger partial charge in [-0.3, -0.25) is 4.79 Å². The molecular formula is C28H29N3O5. The van der Waals surface area contributed by atoms with E-state index in [0.29, 0.717) is 24.6 Å². The van der Waals surface area contributed by atoms with Crippen LogP contribution in [0.1, 0.15) is 35.7 Å². The van der Waals surface area contributed by atoms with Crippen LogP contribution in [0.25, 0.3) is 0 Å². The first-order valence-corrected chi connectivity index (χ1v) is 11.6. The highest BCUT2D eigenvalue weighted by molar-refractivity contribution is 6.13. The number of benzene rings is 3. The molecule has 36 heavy (non-hydrogen) atoms. The van der Waals surface area contributed by atoms with Crippen LogP contribution in [0.4, 0.5) is 0 Å². The van der Waals surface area contributed by atoms with E-state index in [-0.39, 0.29) is 12.6 Å². The number of carbonyl (C=O) groups is 1. The Morgan fingerprint density at radius 1 is 0.861 bits per heavy atom. The summed E-state index contributed by atoms with van der Waals surface area (Å²) in [6, 6.07) is 23.2. The number of hydrogen-bond acceptors (Lipinski definition) is 7. The van der Waals surface area contributed by atoms with Gasteiger partial charge in [0, 0.05) is 24.6 Å². The van der Waals surface area contributed by atoms with Gasteiger partial charge in [0.1, 0.15) is 29.2 Å². The number of hydrogen-bond donors (Lipinski definition) is 1. The Labute approximate surface area is 210 Å². The van der Waals surface area contributed by atoms with E-state index in [1.807, 2.05) is 84.7 Å². The molecule has 0 spiro atoms. The second kappa shape index (κ2) is 11.4. The van der Waals surface area contributed by atoms with Gasteiger partial charge < -0.3 is 24.2 Å². The van der Waals surface area contributed by atoms with Crippen LogP contribution < -0.4 is 14.2 Å². The standard InChI is InChI=1S/C28H29N3O5/c1-31-27(20-8-14-23(35-3)15-9-20)29-26(19-6-12-22(34-2)13-7-19)30-28(31)21-10-16-24(17-11-21)36-18-4-5-25(32)33/h6-17,28H,4-5,18H2,1-3H3,(H,32,33). The number of carboxylic acid groups (broad SMARTS) is 1. The molecule has 1 aliphatic heterocycles. The summed E-state index contributed by atoms with van der Waals surface area (Å²) < 4.78 is 16.3. The van der Waals surface area contributed by atoms with E-state index in [1.165, 1.54) is 0 Å². The lowest BCUT2D eigenvalue weighted by Crippen LogP contribution is -2.35. The van der Waals surface area contributed by atoms with E-state index in [9.17, 15) is 4.79 Å².